The molecular formula is C18H26ClFN2O. The van der Waals surface area contributed by atoms with Crippen LogP contribution >= 0.6 is 12.4 Å². The highest BCUT2D eigenvalue weighted by Gasteiger charge is 2.33. The third-order valence-corrected chi connectivity index (χ3v) is 5.10. The SMILES string of the molecule is Cl.NC1CCCC(C(=O)N2CCC(Cc3ccc(F)cc3)C2)C1. The van der Waals surface area contributed by atoms with Gasteiger partial charge in [0.05, 0.1) is 0 Å². The molecule has 3 unspecified atom stereocenters. The lowest BCUT2D eigenvalue weighted by Gasteiger charge is -2.29. The number of amides is 1. The minimum atomic E-state index is -0.194. The second kappa shape index (κ2) is 8.11. The zero-order valence-electron chi connectivity index (χ0n) is 13.4. The molecule has 2 N–H and O–H groups in total. The largest absolute Gasteiger partial charge is 0.342 e. The van der Waals surface area contributed by atoms with Crippen LogP contribution in [-0.4, -0.2) is 29.9 Å². The van der Waals surface area contributed by atoms with E-state index < -0.39 is 0 Å². The maximum absolute atomic E-state index is 12.9. The van der Waals surface area contributed by atoms with Crippen molar-refractivity contribution >= 4 is 18.3 Å². The summed E-state index contributed by atoms with van der Waals surface area (Å²) in [6, 6.07) is 6.91. The molecule has 1 aliphatic carbocycles. The van der Waals surface area contributed by atoms with E-state index >= 15 is 0 Å². The average molecular weight is 341 g/mol. The van der Waals surface area contributed by atoms with Gasteiger partial charge in [-0.25, -0.2) is 4.39 Å². The number of likely N-dealkylation sites (tertiary alicyclic amines) is 1. The molecule has 1 saturated heterocycles. The van der Waals surface area contributed by atoms with Gasteiger partial charge in [-0.15, -0.1) is 12.4 Å². The molecule has 1 aromatic rings. The molecule has 1 aromatic carbocycles. The van der Waals surface area contributed by atoms with E-state index in [2.05, 4.69) is 0 Å². The van der Waals surface area contributed by atoms with Crippen LogP contribution < -0.4 is 5.73 Å². The quantitative estimate of drug-likeness (QED) is 0.918. The van der Waals surface area contributed by atoms with E-state index in [0.717, 1.165) is 57.2 Å². The highest BCUT2D eigenvalue weighted by Crippen LogP contribution is 2.28. The highest BCUT2D eigenvalue weighted by atomic mass is 35.5. The van der Waals surface area contributed by atoms with E-state index in [4.69, 9.17) is 5.73 Å². The number of benzene rings is 1. The minimum Gasteiger partial charge on any atom is -0.342 e. The lowest BCUT2D eigenvalue weighted by molar-refractivity contribution is -0.135. The Kier molecular flexibility index (Phi) is 6.42. The standard InChI is InChI=1S/C18H25FN2O.ClH/c19-16-6-4-13(5-7-16)10-14-8-9-21(12-14)18(22)15-2-1-3-17(20)11-15;/h4-7,14-15,17H,1-3,8-12,20H2;1H. The molecule has 0 bridgehead atoms. The molecule has 128 valence electrons. The molecule has 1 aliphatic heterocycles. The van der Waals surface area contributed by atoms with E-state index in [1.165, 1.54) is 12.1 Å². The topological polar surface area (TPSA) is 46.3 Å². The first-order valence-corrected chi connectivity index (χ1v) is 8.40. The fraction of sp³-hybridized carbons (Fsp3) is 0.611. The van der Waals surface area contributed by atoms with Crippen LogP contribution in [0, 0.1) is 17.7 Å². The fourth-order valence-corrected chi connectivity index (χ4v) is 3.86. The second-order valence-corrected chi connectivity index (χ2v) is 6.89. The summed E-state index contributed by atoms with van der Waals surface area (Å²) in [5, 5.41) is 0. The summed E-state index contributed by atoms with van der Waals surface area (Å²) in [6.07, 6.45) is 5.93. The average Bonchev–Trinajstić information content (AvgIpc) is 2.97. The summed E-state index contributed by atoms with van der Waals surface area (Å²) in [6.45, 7) is 1.69. The van der Waals surface area contributed by atoms with Gasteiger partial charge in [-0.05, 0) is 55.7 Å². The molecule has 0 spiro atoms. The Labute approximate surface area is 143 Å². The van der Waals surface area contributed by atoms with Crippen molar-refractivity contribution in [3.8, 4) is 0 Å². The first kappa shape index (κ1) is 18.2. The van der Waals surface area contributed by atoms with Crippen molar-refractivity contribution in [3.63, 3.8) is 0 Å². The summed E-state index contributed by atoms with van der Waals surface area (Å²) < 4.78 is 12.9. The van der Waals surface area contributed by atoms with Gasteiger partial charge in [0, 0.05) is 25.0 Å². The number of hydrogen-bond donors (Lipinski definition) is 1. The number of nitrogens with two attached hydrogens (primary N) is 1. The van der Waals surface area contributed by atoms with Gasteiger partial charge in [0.15, 0.2) is 0 Å². The van der Waals surface area contributed by atoms with Gasteiger partial charge in [-0.3, -0.25) is 4.79 Å². The molecule has 23 heavy (non-hydrogen) atoms. The summed E-state index contributed by atoms with van der Waals surface area (Å²) in [5.74, 6) is 0.734. The van der Waals surface area contributed by atoms with E-state index in [-0.39, 0.29) is 30.2 Å². The fourth-order valence-electron chi connectivity index (χ4n) is 3.86. The molecule has 1 heterocycles. The molecule has 1 amide bonds. The van der Waals surface area contributed by atoms with Crippen molar-refractivity contribution in [2.45, 2.75) is 44.6 Å². The molecular weight excluding hydrogens is 315 g/mol. The van der Waals surface area contributed by atoms with E-state index in [1.54, 1.807) is 0 Å². The summed E-state index contributed by atoms with van der Waals surface area (Å²) >= 11 is 0. The van der Waals surface area contributed by atoms with Crippen molar-refractivity contribution in [1.29, 1.82) is 0 Å². The molecule has 3 atom stereocenters. The van der Waals surface area contributed by atoms with Gasteiger partial charge < -0.3 is 10.6 Å². The molecule has 0 radical (unpaired) electrons. The van der Waals surface area contributed by atoms with Crippen LogP contribution in [0.4, 0.5) is 4.39 Å². The smallest absolute Gasteiger partial charge is 0.225 e. The van der Waals surface area contributed by atoms with Crippen molar-refractivity contribution in [1.82, 2.24) is 4.90 Å². The van der Waals surface area contributed by atoms with Crippen molar-refractivity contribution in [3.05, 3.63) is 35.6 Å². The number of rotatable bonds is 3. The van der Waals surface area contributed by atoms with Crippen LogP contribution in [0.3, 0.4) is 0 Å². The monoisotopic (exact) mass is 340 g/mol. The molecule has 3 nitrogen and oxygen atoms in total. The summed E-state index contributed by atoms with van der Waals surface area (Å²) in [7, 11) is 0. The van der Waals surface area contributed by atoms with Crippen LogP contribution in [0.5, 0.6) is 0 Å². The Hall–Kier alpha value is -1.13. The van der Waals surface area contributed by atoms with Crippen LogP contribution in [0.15, 0.2) is 24.3 Å². The van der Waals surface area contributed by atoms with Crippen molar-refractivity contribution < 1.29 is 9.18 Å². The number of halogens is 2. The molecule has 3 rings (SSSR count). The molecule has 2 fully saturated rings. The van der Waals surface area contributed by atoms with Crippen LogP contribution in [0.25, 0.3) is 0 Å². The highest BCUT2D eigenvalue weighted by molar-refractivity contribution is 5.85. The Bertz CT molecular complexity index is 522. The molecule has 0 aromatic heterocycles. The van der Waals surface area contributed by atoms with Crippen LogP contribution in [0.2, 0.25) is 0 Å². The minimum absolute atomic E-state index is 0. The van der Waals surface area contributed by atoms with Crippen LogP contribution in [-0.2, 0) is 11.2 Å². The first-order valence-electron chi connectivity index (χ1n) is 8.40. The zero-order chi connectivity index (χ0) is 15.5. The Morgan fingerprint density at radius 2 is 1.96 bits per heavy atom. The second-order valence-electron chi connectivity index (χ2n) is 6.89. The third kappa shape index (κ3) is 4.67. The third-order valence-electron chi connectivity index (χ3n) is 5.10. The lowest BCUT2D eigenvalue weighted by atomic mass is 9.85. The molecule has 2 aliphatic rings. The predicted octanol–water partition coefficient (Wildman–Crippen LogP) is 3.16. The number of nitrogens with zero attached hydrogens (tertiary/aromatic N) is 1. The predicted molar refractivity (Wildman–Crippen MR) is 92.0 cm³/mol. The van der Waals surface area contributed by atoms with E-state index in [0.29, 0.717) is 11.8 Å². The van der Waals surface area contributed by atoms with Gasteiger partial charge in [0.1, 0.15) is 5.82 Å². The Balaban J connectivity index is 0.00000192. The zero-order valence-corrected chi connectivity index (χ0v) is 14.2. The first-order chi connectivity index (χ1) is 10.6. The van der Waals surface area contributed by atoms with Gasteiger partial charge in [0.25, 0.3) is 0 Å². The van der Waals surface area contributed by atoms with Crippen LogP contribution in [0.1, 0.15) is 37.7 Å². The van der Waals surface area contributed by atoms with Gasteiger partial charge in [-0.1, -0.05) is 18.6 Å². The maximum atomic E-state index is 12.9. The lowest BCUT2D eigenvalue weighted by Crippen LogP contribution is -2.39. The van der Waals surface area contributed by atoms with Gasteiger partial charge >= 0.3 is 0 Å². The van der Waals surface area contributed by atoms with E-state index in [9.17, 15) is 9.18 Å². The number of carbonyl (C=O) groups excluding carboxylic acids is 1. The van der Waals surface area contributed by atoms with Crippen molar-refractivity contribution in [2.24, 2.45) is 17.6 Å². The summed E-state index contributed by atoms with van der Waals surface area (Å²) in [5.41, 5.74) is 7.16. The van der Waals surface area contributed by atoms with Gasteiger partial charge in [-0.2, -0.15) is 0 Å². The Morgan fingerprint density at radius 3 is 2.65 bits per heavy atom. The summed E-state index contributed by atoms with van der Waals surface area (Å²) in [4.78, 5) is 14.6. The number of carbonyl (C=O) groups is 1. The number of hydrogen-bond acceptors (Lipinski definition) is 2. The van der Waals surface area contributed by atoms with Gasteiger partial charge in [0.2, 0.25) is 5.91 Å². The van der Waals surface area contributed by atoms with E-state index in [1.807, 2.05) is 17.0 Å². The normalized spacial score (nSPS) is 27.6. The van der Waals surface area contributed by atoms with Crippen molar-refractivity contribution in [2.75, 3.05) is 13.1 Å². The Morgan fingerprint density at radius 1 is 1.22 bits per heavy atom. The maximum Gasteiger partial charge on any atom is 0.225 e. The molecule has 1 saturated carbocycles. The molecule has 5 heteroatoms.